The predicted octanol–water partition coefficient (Wildman–Crippen LogP) is 1.77. The van der Waals surface area contributed by atoms with Gasteiger partial charge in [-0.2, -0.15) is 4.31 Å². The molecule has 0 atom stereocenters. The summed E-state index contributed by atoms with van der Waals surface area (Å²) >= 11 is 0. The molecule has 150 valence electrons. The minimum absolute atomic E-state index is 0.0406. The number of benzene rings is 2. The number of rotatable bonds is 4. The van der Waals surface area contributed by atoms with Crippen molar-refractivity contribution in [2.75, 3.05) is 31.5 Å². The first-order valence-corrected chi connectivity index (χ1v) is 10.5. The Labute approximate surface area is 170 Å². The molecule has 7 nitrogen and oxygen atoms in total. The lowest BCUT2D eigenvalue weighted by Gasteiger charge is -2.33. The number of carbonyl (C=O) groups is 2. The van der Waals surface area contributed by atoms with Crippen molar-refractivity contribution in [2.45, 2.75) is 11.8 Å². The van der Waals surface area contributed by atoms with E-state index in [1.165, 1.54) is 29.4 Å². The van der Waals surface area contributed by atoms with Gasteiger partial charge in [0.25, 0.3) is 5.91 Å². The molecular weight excluding hydrogens is 390 g/mol. The van der Waals surface area contributed by atoms with Gasteiger partial charge in [0.15, 0.2) is 0 Å². The van der Waals surface area contributed by atoms with Crippen molar-refractivity contribution in [1.29, 1.82) is 0 Å². The van der Waals surface area contributed by atoms with Crippen molar-refractivity contribution in [2.24, 2.45) is 0 Å². The zero-order valence-electron chi connectivity index (χ0n) is 16.0. The molecule has 1 aliphatic heterocycles. The highest BCUT2D eigenvalue weighted by Gasteiger charge is 2.29. The minimum Gasteiger partial charge on any atom is -0.340 e. The van der Waals surface area contributed by atoms with E-state index >= 15 is 0 Å². The molecule has 0 radical (unpaired) electrons. The van der Waals surface area contributed by atoms with Gasteiger partial charge in [0.05, 0.1) is 4.90 Å². The van der Waals surface area contributed by atoms with Gasteiger partial charge in [-0.3, -0.25) is 9.59 Å². The molecule has 0 aliphatic carbocycles. The minimum atomic E-state index is -3.76. The van der Waals surface area contributed by atoms with Gasteiger partial charge in [-0.15, -0.1) is 6.42 Å². The maximum Gasteiger partial charge on any atom is 0.255 e. The predicted molar refractivity (Wildman–Crippen MR) is 110 cm³/mol. The van der Waals surface area contributed by atoms with E-state index in [0.29, 0.717) is 24.3 Å². The Bertz CT molecular complexity index is 1080. The Morgan fingerprint density at radius 1 is 1.03 bits per heavy atom. The first-order chi connectivity index (χ1) is 13.8. The maximum absolute atomic E-state index is 12.9. The second kappa shape index (κ2) is 8.47. The Kier molecular flexibility index (Phi) is 6.01. The third-order valence-corrected chi connectivity index (χ3v) is 6.60. The van der Waals surface area contributed by atoms with Crippen LogP contribution in [0.25, 0.3) is 0 Å². The number of amides is 2. The average molecular weight is 411 g/mol. The fraction of sp³-hybridized carbons (Fsp3) is 0.238. The van der Waals surface area contributed by atoms with Gasteiger partial charge >= 0.3 is 0 Å². The van der Waals surface area contributed by atoms with Crippen molar-refractivity contribution in [3.05, 3.63) is 59.7 Å². The van der Waals surface area contributed by atoms with E-state index in [9.17, 15) is 18.0 Å². The number of carbonyl (C=O) groups excluding carboxylic acids is 2. The molecule has 1 saturated heterocycles. The summed E-state index contributed by atoms with van der Waals surface area (Å²) in [5, 5.41) is 2.72. The number of hydrogen-bond donors (Lipinski definition) is 1. The van der Waals surface area contributed by atoms with Crippen LogP contribution in [0, 0.1) is 12.3 Å². The molecule has 1 heterocycles. The van der Waals surface area contributed by atoms with Crippen molar-refractivity contribution < 1.29 is 18.0 Å². The SMILES string of the molecule is C#Cc1cccc(NC(=O)c2cccc(S(=O)(=O)N3CCN(C(C)=O)CC3)c2)c1. The van der Waals surface area contributed by atoms with E-state index in [2.05, 4.69) is 11.2 Å². The molecule has 2 amide bonds. The van der Waals surface area contributed by atoms with Crippen LogP contribution in [0.3, 0.4) is 0 Å². The van der Waals surface area contributed by atoms with Crippen LogP contribution in [0.5, 0.6) is 0 Å². The summed E-state index contributed by atoms with van der Waals surface area (Å²) < 4.78 is 27.2. The number of nitrogens with one attached hydrogen (secondary N) is 1. The lowest BCUT2D eigenvalue weighted by Crippen LogP contribution is -2.49. The molecular formula is C21H21N3O4S. The second-order valence-electron chi connectivity index (χ2n) is 6.62. The van der Waals surface area contributed by atoms with E-state index < -0.39 is 15.9 Å². The molecule has 1 N–H and O–H groups in total. The van der Waals surface area contributed by atoms with Gasteiger partial charge in [-0.05, 0) is 36.4 Å². The monoisotopic (exact) mass is 411 g/mol. The average Bonchev–Trinajstić information content (AvgIpc) is 2.74. The number of anilines is 1. The van der Waals surface area contributed by atoms with Gasteiger partial charge < -0.3 is 10.2 Å². The van der Waals surface area contributed by atoms with E-state index in [0.717, 1.165) is 0 Å². The first-order valence-electron chi connectivity index (χ1n) is 9.05. The van der Waals surface area contributed by atoms with Crippen LogP contribution < -0.4 is 5.32 Å². The quantitative estimate of drug-likeness (QED) is 0.777. The van der Waals surface area contributed by atoms with Crippen LogP contribution >= 0.6 is 0 Å². The fourth-order valence-corrected chi connectivity index (χ4v) is 4.55. The van der Waals surface area contributed by atoms with E-state index in [1.54, 1.807) is 35.2 Å². The number of terminal acetylenes is 1. The van der Waals surface area contributed by atoms with Gasteiger partial charge in [-0.25, -0.2) is 8.42 Å². The van der Waals surface area contributed by atoms with E-state index in [4.69, 9.17) is 6.42 Å². The molecule has 3 rings (SSSR count). The molecule has 0 spiro atoms. The Hall–Kier alpha value is -3.15. The zero-order chi connectivity index (χ0) is 21.0. The van der Waals surface area contributed by atoms with Gasteiger partial charge in [-0.1, -0.05) is 18.1 Å². The molecule has 0 unspecified atom stereocenters. The van der Waals surface area contributed by atoms with Crippen LogP contribution in [0.2, 0.25) is 0 Å². The van der Waals surface area contributed by atoms with Crippen LogP contribution in [0.15, 0.2) is 53.4 Å². The lowest BCUT2D eigenvalue weighted by atomic mass is 10.2. The molecule has 1 aliphatic rings. The third kappa shape index (κ3) is 4.65. The highest BCUT2D eigenvalue weighted by molar-refractivity contribution is 7.89. The smallest absolute Gasteiger partial charge is 0.255 e. The summed E-state index contributed by atoms with van der Waals surface area (Å²) in [7, 11) is -3.76. The first kappa shape index (κ1) is 20.6. The molecule has 0 saturated carbocycles. The van der Waals surface area contributed by atoms with Crippen LogP contribution in [0.1, 0.15) is 22.8 Å². The van der Waals surface area contributed by atoms with Crippen molar-refractivity contribution >= 4 is 27.5 Å². The van der Waals surface area contributed by atoms with Crippen LogP contribution in [-0.4, -0.2) is 55.6 Å². The van der Waals surface area contributed by atoms with Crippen molar-refractivity contribution in [3.8, 4) is 12.3 Å². The number of nitrogens with zero attached hydrogens (tertiary/aromatic N) is 2. The number of sulfonamides is 1. The van der Waals surface area contributed by atoms with Gasteiger partial charge in [0.2, 0.25) is 15.9 Å². The summed E-state index contributed by atoms with van der Waals surface area (Å²) in [6.07, 6.45) is 5.37. The maximum atomic E-state index is 12.9. The van der Waals surface area contributed by atoms with Crippen molar-refractivity contribution in [1.82, 2.24) is 9.21 Å². The standard InChI is InChI=1S/C21H21N3O4S/c1-3-17-6-4-8-19(14-17)22-21(26)18-7-5-9-20(15-18)29(27,28)24-12-10-23(11-13-24)16(2)25/h1,4-9,14-15H,10-13H2,2H3,(H,22,26). The molecule has 8 heteroatoms. The Balaban J connectivity index is 1.77. The number of hydrogen-bond acceptors (Lipinski definition) is 4. The van der Waals surface area contributed by atoms with Crippen LogP contribution in [-0.2, 0) is 14.8 Å². The topological polar surface area (TPSA) is 86.8 Å². The summed E-state index contributed by atoms with van der Waals surface area (Å²) in [6.45, 7) is 2.60. The normalized spacial score (nSPS) is 14.8. The summed E-state index contributed by atoms with van der Waals surface area (Å²) in [5.74, 6) is 1.99. The highest BCUT2D eigenvalue weighted by atomic mass is 32.2. The van der Waals surface area contributed by atoms with E-state index in [-0.39, 0.29) is 29.5 Å². The Morgan fingerprint density at radius 2 is 1.72 bits per heavy atom. The Morgan fingerprint density at radius 3 is 2.38 bits per heavy atom. The largest absolute Gasteiger partial charge is 0.340 e. The molecule has 0 aromatic heterocycles. The summed E-state index contributed by atoms with van der Waals surface area (Å²) in [5.41, 5.74) is 1.38. The van der Waals surface area contributed by atoms with E-state index in [1.807, 2.05) is 0 Å². The summed E-state index contributed by atoms with van der Waals surface area (Å²) in [4.78, 5) is 25.7. The summed E-state index contributed by atoms with van der Waals surface area (Å²) in [6, 6.07) is 12.7. The van der Waals surface area contributed by atoms with Crippen molar-refractivity contribution in [3.63, 3.8) is 0 Å². The molecule has 1 fully saturated rings. The number of piperazine rings is 1. The molecule has 29 heavy (non-hydrogen) atoms. The van der Waals surface area contributed by atoms with Gasteiger partial charge in [0, 0.05) is 49.9 Å². The van der Waals surface area contributed by atoms with Crippen LogP contribution in [0.4, 0.5) is 5.69 Å². The zero-order valence-corrected chi connectivity index (χ0v) is 16.8. The molecule has 2 aromatic rings. The second-order valence-corrected chi connectivity index (χ2v) is 8.56. The molecule has 0 bridgehead atoms. The highest BCUT2D eigenvalue weighted by Crippen LogP contribution is 2.20. The third-order valence-electron chi connectivity index (χ3n) is 4.71. The van der Waals surface area contributed by atoms with Gasteiger partial charge in [0.1, 0.15) is 0 Å². The fourth-order valence-electron chi connectivity index (χ4n) is 3.08. The lowest BCUT2D eigenvalue weighted by molar-refractivity contribution is -0.129. The molecule has 2 aromatic carbocycles.